The van der Waals surface area contributed by atoms with Gasteiger partial charge in [0.05, 0.1) is 14.2 Å². The molecule has 190 valence electrons. The summed E-state index contributed by atoms with van der Waals surface area (Å²) in [7, 11) is 3.22. The van der Waals surface area contributed by atoms with E-state index in [0.717, 1.165) is 23.3 Å². The zero-order valence-corrected chi connectivity index (χ0v) is 20.5. The lowest BCUT2D eigenvalue weighted by atomic mass is 9.78. The van der Waals surface area contributed by atoms with Gasteiger partial charge in [-0.15, -0.1) is 0 Å². The first-order valence-electron chi connectivity index (χ1n) is 12.2. The van der Waals surface area contributed by atoms with E-state index in [9.17, 15) is 14.7 Å². The molecule has 0 radical (unpaired) electrons. The normalized spacial score (nSPS) is 20.4. The summed E-state index contributed by atoms with van der Waals surface area (Å²) in [5, 5.41) is 9.55. The first-order valence-corrected chi connectivity index (χ1v) is 12.2. The van der Waals surface area contributed by atoms with Gasteiger partial charge < -0.3 is 29.0 Å². The number of piperidine rings is 1. The number of carbonyl (C=O) groups excluding carboxylic acids is 1. The highest BCUT2D eigenvalue weighted by molar-refractivity contribution is 6.03. The van der Waals surface area contributed by atoms with Crippen molar-refractivity contribution in [2.24, 2.45) is 16.8 Å². The smallest absolute Gasteiger partial charge is 0.303 e. The molecule has 9 nitrogen and oxygen atoms in total. The van der Waals surface area contributed by atoms with Crippen LogP contribution in [-0.4, -0.2) is 68.2 Å². The van der Waals surface area contributed by atoms with E-state index in [0.29, 0.717) is 61.0 Å². The molecule has 1 amide bonds. The third-order valence-electron chi connectivity index (χ3n) is 7.29. The van der Waals surface area contributed by atoms with Gasteiger partial charge in [0.2, 0.25) is 6.79 Å². The van der Waals surface area contributed by atoms with Gasteiger partial charge in [-0.1, -0.05) is 0 Å². The Morgan fingerprint density at radius 2 is 1.86 bits per heavy atom. The lowest BCUT2D eigenvalue weighted by molar-refractivity contribution is -0.138. The van der Waals surface area contributed by atoms with Crippen molar-refractivity contribution in [3.05, 3.63) is 47.0 Å². The average molecular weight is 495 g/mol. The number of benzene rings is 2. The maximum Gasteiger partial charge on any atom is 0.303 e. The quantitative estimate of drug-likeness (QED) is 0.629. The molecule has 0 saturated carbocycles. The number of amides is 1. The van der Waals surface area contributed by atoms with Crippen molar-refractivity contribution >= 4 is 17.6 Å². The lowest BCUT2D eigenvalue weighted by Gasteiger charge is -2.39. The molecule has 1 fully saturated rings. The zero-order chi connectivity index (χ0) is 25.2. The van der Waals surface area contributed by atoms with Crippen LogP contribution in [0.3, 0.4) is 0 Å². The summed E-state index contributed by atoms with van der Waals surface area (Å²) in [6.45, 7) is 1.78. The zero-order valence-electron chi connectivity index (χ0n) is 20.5. The molecule has 9 heteroatoms. The molecule has 2 aromatic carbocycles. The van der Waals surface area contributed by atoms with Crippen molar-refractivity contribution in [2.45, 2.75) is 25.7 Å². The number of nitrogens with zero attached hydrogens (tertiary/aromatic N) is 2. The molecule has 2 atom stereocenters. The van der Waals surface area contributed by atoms with Crippen molar-refractivity contribution in [2.75, 3.05) is 40.6 Å². The monoisotopic (exact) mass is 494 g/mol. The van der Waals surface area contributed by atoms with Gasteiger partial charge in [0.25, 0.3) is 5.91 Å². The van der Waals surface area contributed by atoms with Gasteiger partial charge in [-0.25, -0.2) is 0 Å². The summed E-state index contributed by atoms with van der Waals surface area (Å²) in [5.74, 6) is 1.52. The molecule has 0 unspecified atom stereocenters. The van der Waals surface area contributed by atoms with Crippen LogP contribution in [0.1, 0.15) is 40.7 Å². The van der Waals surface area contributed by atoms with E-state index in [4.69, 9.17) is 23.9 Å². The Bertz CT molecular complexity index is 1210. The number of ether oxygens (including phenoxy) is 4. The first-order chi connectivity index (χ1) is 17.5. The second-order valence-electron chi connectivity index (χ2n) is 9.37. The Kier molecular flexibility index (Phi) is 6.71. The molecule has 3 aliphatic rings. The number of carboxylic acid groups (broad SMARTS) is 1. The standard InChI is InChI=1S/C27H30N2O7/c1-33-23-10-17-5-7-28-21(20(17)13-24(23)34-2)9-19-14-29(8-6-16(19)12-26(30)31)27(32)18-3-4-22-25(11-18)36-15-35-22/h3-4,10-11,13,16,19H,5-9,12,14-15H2,1-2H3,(H,30,31)/t16-,19-/m0/s1. The highest BCUT2D eigenvalue weighted by Gasteiger charge is 2.35. The molecule has 1 saturated heterocycles. The number of hydrogen-bond donors (Lipinski definition) is 1. The third kappa shape index (κ3) is 4.69. The van der Waals surface area contributed by atoms with Crippen LogP contribution < -0.4 is 18.9 Å². The minimum atomic E-state index is -0.821. The minimum absolute atomic E-state index is 0.0365. The topological polar surface area (TPSA) is 107 Å². The average Bonchev–Trinajstić information content (AvgIpc) is 3.36. The van der Waals surface area contributed by atoms with Gasteiger partial charge in [-0.05, 0) is 67.0 Å². The number of hydrogen-bond acceptors (Lipinski definition) is 7. The third-order valence-corrected chi connectivity index (χ3v) is 7.29. The maximum atomic E-state index is 13.4. The molecule has 0 aliphatic carbocycles. The summed E-state index contributed by atoms with van der Waals surface area (Å²) in [5.41, 5.74) is 3.60. The van der Waals surface area contributed by atoms with Crippen LogP contribution in [0.2, 0.25) is 0 Å². The van der Waals surface area contributed by atoms with Crippen LogP contribution in [-0.2, 0) is 11.2 Å². The molecule has 0 spiro atoms. The van der Waals surface area contributed by atoms with E-state index in [1.54, 1.807) is 32.4 Å². The number of aliphatic imine (C=N–C) groups is 1. The Labute approximate surface area is 209 Å². The summed E-state index contributed by atoms with van der Waals surface area (Å²) in [4.78, 5) is 31.6. The van der Waals surface area contributed by atoms with E-state index in [2.05, 4.69) is 0 Å². The van der Waals surface area contributed by atoms with Crippen LogP contribution in [0.25, 0.3) is 0 Å². The van der Waals surface area contributed by atoms with Gasteiger partial charge >= 0.3 is 5.97 Å². The number of fused-ring (bicyclic) bond motifs is 2. The summed E-state index contributed by atoms with van der Waals surface area (Å²) in [6, 6.07) is 9.16. The first kappa shape index (κ1) is 24.0. The second kappa shape index (κ2) is 10.1. The summed E-state index contributed by atoms with van der Waals surface area (Å²) >= 11 is 0. The molecular weight excluding hydrogens is 464 g/mol. The fourth-order valence-electron chi connectivity index (χ4n) is 5.42. The van der Waals surface area contributed by atoms with Crippen molar-refractivity contribution in [1.29, 1.82) is 0 Å². The SMILES string of the molecule is COc1cc2c(cc1OC)C(C[C@H]1CN(C(=O)c3ccc4c(c3)OCO4)CC[C@H]1CC(=O)O)=NCC2. The van der Waals surface area contributed by atoms with Crippen molar-refractivity contribution in [3.8, 4) is 23.0 Å². The molecular formula is C27H30N2O7. The van der Waals surface area contributed by atoms with Gasteiger partial charge in [0, 0.05) is 42.9 Å². The number of carbonyl (C=O) groups is 2. The number of aliphatic carboxylic acids is 1. The fraction of sp³-hybridized carbons (Fsp3) is 0.444. The summed E-state index contributed by atoms with van der Waals surface area (Å²) < 4.78 is 21.8. The molecule has 3 aliphatic heterocycles. The van der Waals surface area contributed by atoms with Crippen molar-refractivity contribution in [3.63, 3.8) is 0 Å². The second-order valence-corrected chi connectivity index (χ2v) is 9.37. The molecule has 3 heterocycles. The van der Waals surface area contributed by atoms with E-state index in [1.807, 2.05) is 17.0 Å². The molecule has 0 aromatic heterocycles. The number of rotatable bonds is 7. The molecule has 36 heavy (non-hydrogen) atoms. The van der Waals surface area contributed by atoms with Crippen LogP contribution in [0.5, 0.6) is 23.0 Å². The minimum Gasteiger partial charge on any atom is -0.493 e. The van der Waals surface area contributed by atoms with E-state index < -0.39 is 5.97 Å². The van der Waals surface area contributed by atoms with E-state index in [-0.39, 0.29) is 31.0 Å². The predicted molar refractivity (Wildman–Crippen MR) is 132 cm³/mol. The predicted octanol–water partition coefficient (Wildman–Crippen LogP) is 3.42. The highest BCUT2D eigenvalue weighted by atomic mass is 16.7. The Balaban J connectivity index is 1.39. The lowest BCUT2D eigenvalue weighted by Crippen LogP contribution is -2.45. The molecule has 1 N–H and O–H groups in total. The largest absolute Gasteiger partial charge is 0.493 e. The van der Waals surface area contributed by atoms with Crippen LogP contribution >= 0.6 is 0 Å². The maximum absolute atomic E-state index is 13.4. The van der Waals surface area contributed by atoms with Gasteiger partial charge in [0.15, 0.2) is 23.0 Å². The van der Waals surface area contributed by atoms with Crippen LogP contribution in [0.4, 0.5) is 0 Å². The summed E-state index contributed by atoms with van der Waals surface area (Å²) in [6.07, 6.45) is 2.09. The van der Waals surface area contributed by atoms with E-state index in [1.165, 1.54) is 0 Å². The van der Waals surface area contributed by atoms with Gasteiger partial charge in [-0.3, -0.25) is 14.6 Å². The Morgan fingerprint density at radius 3 is 2.64 bits per heavy atom. The van der Waals surface area contributed by atoms with Crippen molar-refractivity contribution in [1.82, 2.24) is 4.90 Å². The van der Waals surface area contributed by atoms with Crippen molar-refractivity contribution < 1.29 is 33.6 Å². The van der Waals surface area contributed by atoms with Gasteiger partial charge in [0.1, 0.15) is 0 Å². The Hall–Kier alpha value is -3.75. The fourth-order valence-corrected chi connectivity index (χ4v) is 5.42. The van der Waals surface area contributed by atoms with Crippen LogP contribution in [0, 0.1) is 11.8 Å². The number of methoxy groups -OCH3 is 2. The van der Waals surface area contributed by atoms with Gasteiger partial charge in [-0.2, -0.15) is 0 Å². The Morgan fingerprint density at radius 1 is 1.08 bits per heavy atom. The number of carboxylic acids is 1. The molecule has 2 aromatic rings. The number of likely N-dealkylation sites (tertiary alicyclic amines) is 1. The molecule has 0 bridgehead atoms. The highest BCUT2D eigenvalue weighted by Crippen LogP contribution is 2.37. The molecule has 5 rings (SSSR count). The van der Waals surface area contributed by atoms with E-state index >= 15 is 0 Å². The van der Waals surface area contributed by atoms with Crippen LogP contribution in [0.15, 0.2) is 35.3 Å².